The van der Waals surface area contributed by atoms with Crippen LogP contribution in [0.3, 0.4) is 0 Å². The maximum Gasteiger partial charge on any atom is 0.119 e. The lowest BCUT2D eigenvalue weighted by molar-refractivity contribution is -0.0701. The summed E-state index contributed by atoms with van der Waals surface area (Å²) in [7, 11) is 0. The fraction of sp³-hybridized carbons (Fsp3) is 0.538. The van der Waals surface area contributed by atoms with Gasteiger partial charge in [0.15, 0.2) is 0 Å². The second kappa shape index (κ2) is 4.85. The highest BCUT2D eigenvalue weighted by Gasteiger charge is 2.39. The van der Waals surface area contributed by atoms with Crippen molar-refractivity contribution in [3.63, 3.8) is 0 Å². The van der Waals surface area contributed by atoms with Crippen molar-refractivity contribution in [3.05, 3.63) is 29.8 Å². The third kappa shape index (κ3) is 2.06. The van der Waals surface area contributed by atoms with E-state index in [-0.39, 0.29) is 12.0 Å². The molecule has 0 aliphatic carbocycles. The van der Waals surface area contributed by atoms with Crippen LogP contribution in [0.15, 0.2) is 24.3 Å². The van der Waals surface area contributed by atoms with Crippen molar-refractivity contribution in [2.45, 2.75) is 18.8 Å². The first kappa shape index (κ1) is 11.4. The van der Waals surface area contributed by atoms with Crippen LogP contribution in [0.4, 0.5) is 0 Å². The van der Waals surface area contributed by atoms with Gasteiger partial charge in [-0.1, -0.05) is 12.1 Å². The van der Waals surface area contributed by atoms with Gasteiger partial charge in [-0.05, 0) is 31.0 Å². The summed E-state index contributed by atoms with van der Waals surface area (Å²) in [6, 6.07) is 8.11. The molecule has 0 spiro atoms. The Balaban J connectivity index is 2.13. The quantitative estimate of drug-likeness (QED) is 0.824. The first-order valence-electron chi connectivity index (χ1n) is 5.73. The van der Waals surface area contributed by atoms with Crippen molar-refractivity contribution in [3.8, 4) is 5.75 Å². The fourth-order valence-corrected chi connectivity index (χ4v) is 2.09. The number of rotatable bonds is 5. The molecule has 1 aliphatic rings. The molecular formula is C13H18O3. The molecule has 1 saturated heterocycles. The van der Waals surface area contributed by atoms with E-state index < -0.39 is 0 Å². The average molecular weight is 222 g/mol. The molecule has 2 rings (SSSR count). The van der Waals surface area contributed by atoms with Gasteiger partial charge in [0.05, 0.1) is 19.8 Å². The molecule has 0 radical (unpaired) electrons. The Kier molecular flexibility index (Phi) is 3.46. The van der Waals surface area contributed by atoms with Gasteiger partial charge in [0.1, 0.15) is 5.75 Å². The Hall–Kier alpha value is -1.06. The number of ether oxygens (including phenoxy) is 2. The third-order valence-electron chi connectivity index (χ3n) is 3.12. The van der Waals surface area contributed by atoms with Gasteiger partial charge < -0.3 is 14.6 Å². The van der Waals surface area contributed by atoms with Gasteiger partial charge in [-0.15, -0.1) is 0 Å². The lowest BCUT2D eigenvalue weighted by Gasteiger charge is -2.41. The summed E-state index contributed by atoms with van der Waals surface area (Å²) in [5, 5.41) is 9.09. The molecule has 0 unspecified atom stereocenters. The minimum atomic E-state index is 0.0273. The van der Waals surface area contributed by atoms with E-state index in [4.69, 9.17) is 14.6 Å². The molecule has 0 aromatic heterocycles. The molecular weight excluding hydrogens is 204 g/mol. The van der Waals surface area contributed by atoms with Crippen LogP contribution in [0.25, 0.3) is 0 Å². The second-order valence-electron chi connectivity index (χ2n) is 4.20. The molecule has 16 heavy (non-hydrogen) atoms. The monoisotopic (exact) mass is 222 g/mol. The third-order valence-corrected chi connectivity index (χ3v) is 3.12. The fourth-order valence-electron chi connectivity index (χ4n) is 2.09. The minimum absolute atomic E-state index is 0.0273. The second-order valence-corrected chi connectivity index (χ2v) is 4.20. The van der Waals surface area contributed by atoms with Gasteiger partial charge in [0.2, 0.25) is 0 Å². The van der Waals surface area contributed by atoms with Crippen LogP contribution in [0.1, 0.15) is 18.9 Å². The SMILES string of the molecule is CCOc1ccc(C2(CCO)COC2)cc1. The van der Waals surface area contributed by atoms with Gasteiger partial charge in [0.25, 0.3) is 0 Å². The van der Waals surface area contributed by atoms with E-state index >= 15 is 0 Å². The van der Waals surface area contributed by atoms with Crippen LogP contribution in [0.5, 0.6) is 5.75 Å². The Bertz CT molecular complexity index is 328. The molecule has 3 nitrogen and oxygen atoms in total. The van der Waals surface area contributed by atoms with Gasteiger partial charge >= 0.3 is 0 Å². The van der Waals surface area contributed by atoms with E-state index in [9.17, 15) is 0 Å². The molecule has 1 aromatic rings. The summed E-state index contributed by atoms with van der Waals surface area (Å²) in [6.07, 6.45) is 0.765. The molecule has 0 bridgehead atoms. The van der Waals surface area contributed by atoms with Crippen LogP contribution in [0.2, 0.25) is 0 Å². The predicted octanol–water partition coefficient (Wildman–Crippen LogP) is 1.74. The summed E-state index contributed by atoms with van der Waals surface area (Å²) in [4.78, 5) is 0. The number of benzene rings is 1. The molecule has 1 heterocycles. The number of aliphatic hydroxyl groups excluding tert-OH is 1. The Morgan fingerprint density at radius 3 is 2.44 bits per heavy atom. The summed E-state index contributed by atoms with van der Waals surface area (Å²) in [5.41, 5.74) is 1.26. The lowest BCUT2D eigenvalue weighted by atomic mass is 9.76. The van der Waals surface area contributed by atoms with Crippen molar-refractivity contribution < 1.29 is 14.6 Å². The zero-order valence-corrected chi connectivity index (χ0v) is 9.61. The Labute approximate surface area is 96.0 Å². The molecule has 3 heteroatoms. The smallest absolute Gasteiger partial charge is 0.119 e. The van der Waals surface area contributed by atoms with Gasteiger partial charge in [-0.3, -0.25) is 0 Å². The van der Waals surface area contributed by atoms with Crippen LogP contribution in [-0.4, -0.2) is 31.5 Å². The van der Waals surface area contributed by atoms with E-state index in [0.29, 0.717) is 19.8 Å². The highest BCUT2D eigenvalue weighted by molar-refractivity contribution is 5.34. The van der Waals surface area contributed by atoms with Crippen LogP contribution in [0, 0.1) is 0 Å². The van der Waals surface area contributed by atoms with Crippen LogP contribution in [-0.2, 0) is 10.2 Å². The molecule has 0 amide bonds. The Morgan fingerprint density at radius 2 is 2.00 bits per heavy atom. The first-order chi connectivity index (χ1) is 7.80. The largest absolute Gasteiger partial charge is 0.494 e. The van der Waals surface area contributed by atoms with E-state index in [2.05, 4.69) is 12.1 Å². The number of hydrogen-bond acceptors (Lipinski definition) is 3. The maximum absolute atomic E-state index is 9.09. The Morgan fingerprint density at radius 1 is 1.31 bits per heavy atom. The molecule has 1 aliphatic heterocycles. The summed E-state index contributed by atoms with van der Waals surface area (Å²) in [5.74, 6) is 0.894. The maximum atomic E-state index is 9.09. The van der Waals surface area contributed by atoms with Crippen LogP contribution < -0.4 is 4.74 Å². The summed E-state index contributed by atoms with van der Waals surface area (Å²) >= 11 is 0. The highest BCUT2D eigenvalue weighted by atomic mass is 16.5. The molecule has 1 aromatic carbocycles. The first-order valence-corrected chi connectivity index (χ1v) is 5.73. The van der Waals surface area contributed by atoms with E-state index in [1.165, 1.54) is 5.56 Å². The van der Waals surface area contributed by atoms with Crippen molar-refractivity contribution in [2.75, 3.05) is 26.4 Å². The summed E-state index contributed by atoms with van der Waals surface area (Å²) in [6.45, 7) is 4.28. The van der Waals surface area contributed by atoms with Gasteiger partial charge in [0, 0.05) is 12.0 Å². The number of aliphatic hydroxyl groups is 1. The molecule has 0 saturated carbocycles. The molecule has 88 valence electrons. The average Bonchev–Trinajstić information content (AvgIpc) is 2.25. The van der Waals surface area contributed by atoms with Crippen molar-refractivity contribution in [2.24, 2.45) is 0 Å². The lowest BCUT2D eigenvalue weighted by Crippen LogP contribution is -2.47. The van der Waals surface area contributed by atoms with E-state index in [1.807, 2.05) is 19.1 Å². The topological polar surface area (TPSA) is 38.7 Å². The van der Waals surface area contributed by atoms with E-state index in [0.717, 1.165) is 12.2 Å². The van der Waals surface area contributed by atoms with Gasteiger partial charge in [-0.2, -0.15) is 0 Å². The summed E-state index contributed by atoms with van der Waals surface area (Å²) < 4.78 is 10.7. The van der Waals surface area contributed by atoms with Crippen molar-refractivity contribution >= 4 is 0 Å². The number of hydrogen-bond donors (Lipinski definition) is 1. The molecule has 1 N–H and O–H groups in total. The zero-order chi connectivity index (χ0) is 11.4. The van der Waals surface area contributed by atoms with Gasteiger partial charge in [-0.25, -0.2) is 0 Å². The van der Waals surface area contributed by atoms with Crippen molar-refractivity contribution in [1.29, 1.82) is 0 Å². The van der Waals surface area contributed by atoms with Crippen LogP contribution >= 0.6 is 0 Å². The van der Waals surface area contributed by atoms with E-state index in [1.54, 1.807) is 0 Å². The van der Waals surface area contributed by atoms with Crippen molar-refractivity contribution in [1.82, 2.24) is 0 Å². The highest BCUT2D eigenvalue weighted by Crippen LogP contribution is 2.36. The standard InChI is InChI=1S/C13H18O3/c1-2-16-12-5-3-11(4-6-12)13(7-8-14)9-15-10-13/h3-6,14H,2,7-10H2,1H3. The minimum Gasteiger partial charge on any atom is -0.494 e. The predicted molar refractivity (Wildman–Crippen MR) is 61.8 cm³/mol. The zero-order valence-electron chi connectivity index (χ0n) is 9.61. The molecule has 1 fully saturated rings. The molecule has 0 atom stereocenters. The normalized spacial score (nSPS) is 17.9.